The van der Waals surface area contributed by atoms with Crippen LogP contribution >= 0.6 is 23.2 Å². The van der Waals surface area contributed by atoms with Gasteiger partial charge in [0.25, 0.3) is 0 Å². The number of ether oxygens (including phenoxy) is 3. The second-order valence-corrected chi connectivity index (χ2v) is 7.87. The van der Waals surface area contributed by atoms with Crippen LogP contribution < -0.4 is 9.47 Å². The molecule has 1 aliphatic rings. The molecule has 0 amide bonds. The predicted molar refractivity (Wildman–Crippen MR) is 125 cm³/mol. The maximum absolute atomic E-state index is 13.2. The van der Waals surface area contributed by atoms with Gasteiger partial charge in [0.2, 0.25) is 5.90 Å². The molecule has 0 aromatic heterocycles. The highest BCUT2D eigenvalue weighted by Crippen LogP contribution is 2.38. The third-order valence-corrected chi connectivity index (χ3v) is 5.13. The second-order valence-electron chi connectivity index (χ2n) is 7.02. The molecule has 0 aliphatic carbocycles. The Hall–Kier alpha value is -3.35. The van der Waals surface area contributed by atoms with Crippen molar-refractivity contribution >= 4 is 41.1 Å². The van der Waals surface area contributed by atoms with Gasteiger partial charge in [0.1, 0.15) is 12.4 Å². The van der Waals surface area contributed by atoms with E-state index in [1.807, 2.05) is 19.1 Å². The number of carbonyl (C=O) groups excluding carboxylic acids is 1. The number of cyclic esters (lactones) is 1. The Kier molecular flexibility index (Phi) is 6.96. The molecule has 4 rings (SSSR count). The van der Waals surface area contributed by atoms with E-state index in [1.54, 1.807) is 24.3 Å². The van der Waals surface area contributed by atoms with E-state index in [1.165, 1.54) is 30.3 Å². The van der Waals surface area contributed by atoms with Crippen molar-refractivity contribution < 1.29 is 23.4 Å². The van der Waals surface area contributed by atoms with Crippen LogP contribution in [-0.4, -0.2) is 18.5 Å². The summed E-state index contributed by atoms with van der Waals surface area (Å²) in [6.45, 7) is 2.48. The van der Waals surface area contributed by atoms with Crippen LogP contribution in [-0.2, 0) is 16.1 Å². The molecule has 3 aromatic carbocycles. The molecule has 3 aromatic rings. The number of halogens is 3. The van der Waals surface area contributed by atoms with Crippen molar-refractivity contribution in [2.75, 3.05) is 6.61 Å². The zero-order valence-corrected chi connectivity index (χ0v) is 19.0. The van der Waals surface area contributed by atoms with Crippen molar-refractivity contribution in [2.45, 2.75) is 13.5 Å². The van der Waals surface area contributed by atoms with Crippen LogP contribution in [0.5, 0.6) is 11.5 Å². The smallest absolute Gasteiger partial charge is 0.363 e. The molecule has 168 valence electrons. The van der Waals surface area contributed by atoms with Crippen molar-refractivity contribution in [1.29, 1.82) is 0 Å². The van der Waals surface area contributed by atoms with E-state index in [0.717, 1.165) is 5.56 Å². The Balaban J connectivity index is 1.61. The first-order valence-electron chi connectivity index (χ1n) is 10.0. The van der Waals surface area contributed by atoms with Gasteiger partial charge in [-0.15, -0.1) is 0 Å². The lowest BCUT2D eigenvalue weighted by molar-refractivity contribution is -0.129. The minimum absolute atomic E-state index is 0.0837. The highest BCUT2D eigenvalue weighted by atomic mass is 35.5. The summed E-state index contributed by atoms with van der Waals surface area (Å²) in [6.07, 6.45) is 1.54. The summed E-state index contributed by atoms with van der Waals surface area (Å²) in [5.74, 6) is -0.109. The zero-order valence-electron chi connectivity index (χ0n) is 17.5. The lowest BCUT2D eigenvalue weighted by Gasteiger charge is -2.14. The molecule has 1 aliphatic heterocycles. The Morgan fingerprint density at radius 2 is 1.85 bits per heavy atom. The molecule has 0 saturated carbocycles. The highest BCUT2D eigenvalue weighted by molar-refractivity contribution is 6.32. The molecule has 0 atom stereocenters. The first kappa shape index (κ1) is 22.8. The van der Waals surface area contributed by atoms with Gasteiger partial charge in [-0.2, -0.15) is 0 Å². The molecule has 0 radical (unpaired) electrons. The van der Waals surface area contributed by atoms with E-state index in [-0.39, 0.29) is 18.2 Å². The van der Waals surface area contributed by atoms with E-state index in [9.17, 15) is 9.18 Å². The standard InChI is InChI=1S/C25H18Cl2FNO4/c1-2-31-22-13-16(11-20(27)23(22)32-14-15-4-3-5-18(26)10-15)12-21-25(30)33-24(29-21)17-6-8-19(28)9-7-17/h3-13H,2,14H2,1H3/b21-12-. The van der Waals surface area contributed by atoms with Crippen LogP contribution in [0.25, 0.3) is 6.08 Å². The minimum Gasteiger partial charge on any atom is -0.490 e. The van der Waals surface area contributed by atoms with E-state index < -0.39 is 11.8 Å². The van der Waals surface area contributed by atoms with Crippen LogP contribution in [0.4, 0.5) is 4.39 Å². The van der Waals surface area contributed by atoms with Gasteiger partial charge in [-0.25, -0.2) is 14.2 Å². The number of nitrogens with zero attached hydrogens (tertiary/aromatic N) is 1. The maximum Gasteiger partial charge on any atom is 0.363 e. The van der Waals surface area contributed by atoms with Gasteiger partial charge in [0, 0.05) is 10.6 Å². The molecule has 0 unspecified atom stereocenters. The number of carbonyl (C=O) groups is 1. The summed E-state index contributed by atoms with van der Waals surface area (Å²) >= 11 is 12.5. The number of hydrogen-bond donors (Lipinski definition) is 0. The largest absolute Gasteiger partial charge is 0.490 e. The van der Waals surface area contributed by atoms with Gasteiger partial charge < -0.3 is 14.2 Å². The van der Waals surface area contributed by atoms with Crippen LogP contribution in [0, 0.1) is 5.82 Å². The Labute approximate surface area is 200 Å². The number of benzene rings is 3. The fourth-order valence-electron chi connectivity index (χ4n) is 3.14. The molecule has 0 N–H and O–H groups in total. The molecule has 0 bridgehead atoms. The average Bonchev–Trinajstić information content (AvgIpc) is 3.14. The van der Waals surface area contributed by atoms with Crippen LogP contribution in [0.15, 0.2) is 71.4 Å². The molecule has 33 heavy (non-hydrogen) atoms. The topological polar surface area (TPSA) is 57.1 Å². The fraction of sp³-hybridized carbons (Fsp3) is 0.120. The number of rotatable bonds is 7. The second kappa shape index (κ2) is 10.1. The van der Waals surface area contributed by atoms with Crippen molar-refractivity contribution in [2.24, 2.45) is 4.99 Å². The van der Waals surface area contributed by atoms with Gasteiger partial charge >= 0.3 is 5.97 Å². The molecule has 5 nitrogen and oxygen atoms in total. The van der Waals surface area contributed by atoms with E-state index in [4.69, 9.17) is 37.4 Å². The lowest BCUT2D eigenvalue weighted by atomic mass is 10.1. The highest BCUT2D eigenvalue weighted by Gasteiger charge is 2.24. The molecular formula is C25H18Cl2FNO4. The fourth-order valence-corrected chi connectivity index (χ4v) is 3.63. The average molecular weight is 486 g/mol. The van der Waals surface area contributed by atoms with Crippen LogP contribution in [0.1, 0.15) is 23.6 Å². The SMILES string of the molecule is CCOc1cc(/C=C2\N=C(c3ccc(F)cc3)OC2=O)cc(Cl)c1OCc1cccc(Cl)c1. The monoisotopic (exact) mass is 485 g/mol. The molecule has 1 heterocycles. The summed E-state index contributed by atoms with van der Waals surface area (Å²) in [5, 5.41) is 0.919. The zero-order chi connectivity index (χ0) is 23.4. The summed E-state index contributed by atoms with van der Waals surface area (Å²) in [5.41, 5.74) is 2.03. The first-order valence-corrected chi connectivity index (χ1v) is 10.8. The minimum atomic E-state index is -0.621. The van der Waals surface area contributed by atoms with Gasteiger partial charge in [-0.3, -0.25) is 0 Å². The number of esters is 1. The molecule has 8 heteroatoms. The Morgan fingerprint density at radius 1 is 1.06 bits per heavy atom. The lowest BCUT2D eigenvalue weighted by Crippen LogP contribution is -2.05. The molecular weight excluding hydrogens is 468 g/mol. The first-order chi connectivity index (χ1) is 15.9. The van der Waals surface area contributed by atoms with Gasteiger partial charge in [-0.05, 0) is 72.7 Å². The van der Waals surface area contributed by atoms with Crippen LogP contribution in [0.3, 0.4) is 0 Å². The van der Waals surface area contributed by atoms with E-state index >= 15 is 0 Å². The third kappa shape index (κ3) is 5.53. The summed E-state index contributed by atoms with van der Waals surface area (Å²) in [6, 6.07) is 16.2. The normalized spacial score (nSPS) is 14.2. The summed E-state index contributed by atoms with van der Waals surface area (Å²) in [7, 11) is 0. The van der Waals surface area contributed by atoms with Crippen molar-refractivity contribution in [3.05, 3.63) is 98.9 Å². The maximum atomic E-state index is 13.2. The quantitative estimate of drug-likeness (QED) is 0.284. The van der Waals surface area contributed by atoms with E-state index in [0.29, 0.717) is 39.3 Å². The molecule has 0 saturated heterocycles. The third-order valence-electron chi connectivity index (χ3n) is 4.62. The number of hydrogen-bond acceptors (Lipinski definition) is 5. The molecule has 0 fully saturated rings. The van der Waals surface area contributed by atoms with Crippen LogP contribution in [0.2, 0.25) is 10.0 Å². The summed E-state index contributed by atoms with van der Waals surface area (Å²) in [4.78, 5) is 16.5. The van der Waals surface area contributed by atoms with Gasteiger partial charge in [0.15, 0.2) is 17.2 Å². The predicted octanol–water partition coefficient (Wildman–Crippen LogP) is 6.45. The molecule has 0 spiro atoms. The number of aliphatic imine (C=N–C) groups is 1. The van der Waals surface area contributed by atoms with Gasteiger partial charge in [-0.1, -0.05) is 35.3 Å². The van der Waals surface area contributed by atoms with Crippen molar-refractivity contribution in [1.82, 2.24) is 0 Å². The van der Waals surface area contributed by atoms with Crippen molar-refractivity contribution in [3.8, 4) is 11.5 Å². The van der Waals surface area contributed by atoms with Gasteiger partial charge in [0.05, 0.1) is 11.6 Å². The Morgan fingerprint density at radius 3 is 2.58 bits per heavy atom. The Bertz CT molecular complexity index is 1260. The summed E-state index contributed by atoms with van der Waals surface area (Å²) < 4.78 is 30.0. The van der Waals surface area contributed by atoms with E-state index in [2.05, 4.69) is 4.99 Å². The van der Waals surface area contributed by atoms with Crippen molar-refractivity contribution in [3.63, 3.8) is 0 Å².